The van der Waals surface area contributed by atoms with Crippen LogP contribution in [0.15, 0.2) is 0 Å². The molecular weight excluding hydrogens is 244 g/mol. The maximum absolute atomic E-state index is 5.93. The highest BCUT2D eigenvalue weighted by atomic mass is 28.5. The Morgan fingerprint density at radius 2 is 1.50 bits per heavy atom. The van der Waals surface area contributed by atoms with Crippen LogP contribution in [0.2, 0.25) is 45.8 Å². The fraction of sp³-hybridized carbons (Fsp3) is 1.00. The van der Waals surface area contributed by atoms with Gasteiger partial charge < -0.3 is 12.3 Å². The van der Waals surface area contributed by atoms with E-state index in [2.05, 4.69) is 45.8 Å². The number of rotatable bonds is 6. The van der Waals surface area contributed by atoms with Crippen molar-refractivity contribution in [1.29, 1.82) is 0 Å². The van der Waals surface area contributed by atoms with Crippen molar-refractivity contribution in [1.82, 2.24) is 0 Å². The van der Waals surface area contributed by atoms with Gasteiger partial charge in [-0.3, -0.25) is 0 Å². The van der Waals surface area contributed by atoms with Crippen LogP contribution in [0.4, 0.5) is 0 Å². The van der Waals surface area contributed by atoms with E-state index in [9.17, 15) is 0 Å². The van der Waals surface area contributed by atoms with Crippen molar-refractivity contribution in [3.8, 4) is 0 Å². The van der Waals surface area contributed by atoms with Gasteiger partial charge in [0.15, 0.2) is 18.1 Å². The van der Waals surface area contributed by atoms with Crippen molar-refractivity contribution >= 4 is 35.9 Å². The summed E-state index contributed by atoms with van der Waals surface area (Å²) in [7, 11) is -4.90. The summed E-state index contributed by atoms with van der Waals surface area (Å²) in [5, 5.41) is 0. The summed E-state index contributed by atoms with van der Waals surface area (Å²) in [6, 6.07) is 0. The van der Waals surface area contributed by atoms with Gasteiger partial charge in [-0.1, -0.05) is 0 Å². The van der Waals surface area contributed by atoms with Gasteiger partial charge in [0.1, 0.15) is 0 Å². The summed E-state index contributed by atoms with van der Waals surface area (Å²) in [5.74, 6) is 0. The van der Waals surface area contributed by atoms with Gasteiger partial charge in [0.2, 0.25) is 0 Å². The molecule has 3 nitrogen and oxygen atoms in total. The third-order valence-corrected chi connectivity index (χ3v) is 11.8. The molecule has 0 rings (SSSR count). The van der Waals surface area contributed by atoms with Crippen LogP contribution in [0, 0.1) is 0 Å². The van der Waals surface area contributed by atoms with E-state index >= 15 is 0 Å². The first kappa shape index (κ1) is 14.7. The summed E-state index contributed by atoms with van der Waals surface area (Å²) in [5.41, 5.74) is 0. The summed E-state index contributed by atoms with van der Waals surface area (Å²) in [6.45, 7) is 15.0. The monoisotopic (exact) mass is 267 g/mol. The van der Waals surface area contributed by atoms with Gasteiger partial charge in [-0.05, 0) is 45.8 Å². The zero-order valence-electron chi connectivity index (χ0n) is 10.4. The number of hydrogen-bond donors (Lipinski definition) is 0. The van der Waals surface area contributed by atoms with E-state index in [0.29, 0.717) is 0 Å². The van der Waals surface area contributed by atoms with E-state index in [1.807, 2.05) is 0 Å². The Hall–Kier alpha value is 0.748. The molecule has 0 spiro atoms. The average molecular weight is 268 g/mol. The van der Waals surface area contributed by atoms with Crippen LogP contribution < -0.4 is 0 Å². The molecule has 0 aromatic carbocycles. The maximum Gasteiger partial charge on any atom is 0.360 e. The van der Waals surface area contributed by atoms with E-state index in [1.54, 1.807) is 0 Å². The minimum atomic E-state index is -1.89. The van der Waals surface area contributed by atoms with E-state index in [1.165, 1.54) is 0 Å². The molecule has 7 heteroatoms. The Bertz CT molecular complexity index is 163. The fourth-order valence-corrected chi connectivity index (χ4v) is 12.5. The highest BCUT2D eigenvalue weighted by Crippen LogP contribution is 2.10. The standard InChI is InChI=1S/C7H23O3Si4/c1-11(2)8-13(5)10-14(6,7)9-12(3)4/h11-12H,1-7H3. The molecule has 0 aliphatic carbocycles. The highest BCUT2D eigenvalue weighted by Gasteiger charge is 2.29. The normalized spacial score (nSPS) is 13.3. The molecule has 0 aromatic rings. The minimum Gasteiger partial charge on any atom is -0.440 e. The molecule has 1 radical (unpaired) electrons. The Morgan fingerprint density at radius 1 is 1.00 bits per heavy atom. The largest absolute Gasteiger partial charge is 0.440 e. The number of hydrogen-bond acceptors (Lipinski definition) is 3. The topological polar surface area (TPSA) is 27.7 Å². The summed E-state index contributed by atoms with van der Waals surface area (Å²) in [6.07, 6.45) is 0. The molecule has 0 aliphatic rings. The second-order valence-electron chi connectivity index (χ2n) is 4.33. The van der Waals surface area contributed by atoms with Crippen LogP contribution in [0.25, 0.3) is 0 Å². The van der Waals surface area contributed by atoms with Gasteiger partial charge >= 0.3 is 17.8 Å². The van der Waals surface area contributed by atoms with Gasteiger partial charge in [0.05, 0.1) is 0 Å². The molecule has 0 aromatic heterocycles. The first-order valence-electron chi connectivity index (χ1n) is 5.10. The van der Waals surface area contributed by atoms with Gasteiger partial charge in [-0.25, -0.2) is 0 Å². The molecule has 0 bridgehead atoms. The molecule has 0 N–H and O–H groups in total. The molecule has 0 saturated carbocycles. The fourth-order valence-electron chi connectivity index (χ4n) is 1.29. The van der Waals surface area contributed by atoms with Crippen molar-refractivity contribution in [2.24, 2.45) is 0 Å². The lowest BCUT2D eigenvalue weighted by molar-refractivity contribution is 0.362. The Kier molecular flexibility index (Phi) is 6.70. The average Bonchev–Trinajstić information content (AvgIpc) is 1.77. The van der Waals surface area contributed by atoms with Crippen molar-refractivity contribution in [3.63, 3.8) is 0 Å². The second kappa shape index (κ2) is 6.36. The molecule has 0 fully saturated rings. The van der Waals surface area contributed by atoms with E-state index < -0.39 is 35.9 Å². The lowest BCUT2D eigenvalue weighted by atomic mass is 11.9. The van der Waals surface area contributed by atoms with Crippen LogP contribution in [0.5, 0.6) is 0 Å². The third kappa shape index (κ3) is 8.09. The summed E-state index contributed by atoms with van der Waals surface area (Å²) in [4.78, 5) is 0. The first-order chi connectivity index (χ1) is 6.23. The van der Waals surface area contributed by atoms with Gasteiger partial charge in [0, 0.05) is 0 Å². The van der Waals surface area contributed by atoms with Crippen LogP contribution >= 0.6 is 0 Å². The predicted octanol–water partition coefficient (Wildman–Crippen LogP) is 1.82. The second-order valence-corrected chi connectivity index (χ2v) is 15.0. The molecule has 85 valence electrons. The Labute approximate surface area is 94.3 Å². The smallest absolute Gasteiger partial charge is 0.360 e. The quantitative estimate of drug-likeness (QED) is 0.687. The first-order valence-corrected chi connectivity index (χ1v) is 15.3. The van der Waals surface area contributed by atoms with Crippen molar-refractivity contribution in [3.05, 3.63) is 0 Å². The Balaban J connectivity index is 3.94. The van der Waals surface area contributed by atoms with E-state index in [4.69, 9.17) is 12.3 Å². The molecule has 0 atom stereocenters. The minimum absolute atomic E-state index is 0.955. The van der Waals surface area contributed by atoms with Crippen molar-refractivity contribution in [2.75, 3.05) is 0 Å². The van der Waals surface area contributed by atoms with Crippen LogP contribution in [0.1, 0.15) is 0 Å². The maximum atomic E-state index is 5.93. The zero-order valence-corrected chi connectivity index (χ0v) is 14.7. The van der Waals surface area contributed by atoms with Crippen LogP contribution in [-0.4, -0.2) is 35.9 Å². The molecule has 0 unspecified atom stereocenters. The van der Waals surface area contributed by atoms with Crippen LogP contribution in [0.3, 0.4) is 0 Å². The molecular formula is C7H23O3Si4. The third-order valence-electron chi connectivity index (χ3n) is 1.31. The van der Waals surface area contributed by atoms with E-state index in [0.717, 1.165) is 0 Å². The lowest BCUT2D eigenvalue weighted by Gasteiger charge is -2.28. The van der Waals surface area contributed by atoms with Gasteiger partial charge in [0.25, 0.3) is 0 Å². The van der Waals surface area contributed by atoms with Crippen molar-refractivity contribution < 1.29 is 12.3 Å². The molecule has 0 heterocycles. The van der Waals surface area contributed by atoms with Crippen LogP contribution in [-0.2, 0) is 12.3 Å². The Morgan fingerprint density at radius 3 is 1.86 bits per heavy atom. The van der Waals surface area contributed by atoms with Gasteiger partial charge in [-0.15, -0.1) is 0 Å². The summed E-state index contributed by atoms with van der Waals surface area (Å²) >= 11 is 0. The van der Waals surface area contributed by atoms with Gasteiger partial charge in [-0.2, -0.15) is 0 Å². The molecule has 0 saturated heterocycles. The predicted molar refractivity (Wildman–Crippen MR) is 70.1 cm³/mol. The highest BCUT2D eigenvalue weighted by molar-refractivity contribution is 6.78. The lowest BCUT2D eigenvalue weighted by Crippen LogP contribution is -2.44. The zero-order chi connectivity index (χ0) is 11.4. The molecule has 0 aliphatic heterocycles. The van der Waals surface area contributed by atoms with E-state index in [-0.39, 0.29) is 0 Å². The SMILES string of the molecule is C[Si](O[SiH](C)C)O[Si](C)(C)O[SiH](C)C. The summed E-state index contributed by atoms with van der Waals surface area (Å²) < 4.78 is 17.6. The van der Waals surface area contributed by atoms with Crippen molar-refractivity contribution in [2.45, 2.75) is 45.8 Å². The molecule has 14 heavy (non-hydrogen) atoms. The molecule has 0 amide bonds.